The van der Waals surface area contributed by atoms with Gasteiger partial charge in [0.15, 0.2) is 0 Å². The monoisotopic (exact) mass is 344 g/mol. The third-order valence-electron chi connectivity index (χ3n) is 3.91. The standard InChI is InChI=1S/C17H13ClN2O4/c18-11-4-5-16-14(7-11)15(9-19-16)13(8-17(21)22)10-2-1-3-12(6-10)20(23)24/h1-7,9,13,19H,8H2,(H,21,22)/t13-/m1/s1. The summed E-state index contributed by atoms with van der Waals surface area (Å²) in [6.07, 6.45) is 1.55. The Balaban J connectivity index is 2.15. The highest BCUT2D eigenvalue weighted by Crippen LogP contribution is 2.35. The van der Waals surface area contributed by atoms with E-state index in [-0.39, 0.29) is 12.1 Å². The molecule has 1 aromatic heterocycles. The first-order chi connectivity index (χ1) is 11.5. The van der Waals surface area contributed by atoms with Gasteiger partial charge in [0.2, 0.25) is 0 Å². The number of nitro groups is 1. The lowest BCUT2D eigenvalue weighted by molar-refractivity contribution is -0.384. The van der Waals surface area contributed by atoms with Crippen molar-refractivity contribution in [3.63, 3.8) is 0 Å². The third-order valence-corrected chi connectivity index (χ3v) is 4.15. The van der Waals surface area contributed by atoms with Crippen LogP contribution < -0.4 is 0 Å². The summed E-state index contributed by atoms with van der Waals surface area (Å²) in [6, 6.07) is 11.4. The summed E-state index contributed by atoms with van der Waals surface area (Å²) in [5, 5.41) is 21.6. The normalized spacial score (nSPS) is 12.2. The van der Waals surface area contributed by atoms with Crippen molar-refractivity contribution >= 4 is 34.2 Å². The zero-order chi connectivity index (χ0) is 17.3. The molecule has 0 aliphatic heterocycles. The molecule has 0 amide bonds. The number of nitrogens with one attached hydrogen (secondary N) is 1. The quantitative estimate of drug-likeness (QED) is 0.531. The fraction of sp³-hybridized carbons (Fsp3) is 0.118. The Kier molecular flexibility index (Phi) is 4.22. The van der Waals surface area contributed by atoms with Gasteiger partial charge >= 0.3 is 5.97 Å². The molecule has 0 aliphatic rings. The van der Waals surface area contributed by atoms with E-state index in [9.17, 15) is 20.0 Å². The molecule has 24 heavy (non-hydrogen) atoms. The lowest BCUT2D eigenvalue weighted by atomic mass is 9.88. The summed E-state index contributed by atoms with van der Waals surface area (Å²) in [6.45, 7) is 0. The molecule has 2 aromatic carbocycles. The van der Waals surface area contributed by atoms with Crippen LogP contribution in [0.4, 0.5) is 5.69 Å². The Morgan fingerprint density at radius 3 is 2.79 bits per heavy atom. The highest BCUT2D eigenvalue weighted by atomic mass is 35.5. The summed E-state index contributed by atoms with van der Waals surface area (Å²) in [7, 11) is 0. The van der Waals surface area contributed by atoms with Crippen LogP contribution in [0, 0.1) is 10.1 Å². The Bertz CT molecular complexity index is 935. The predicted octanol–water partition coefficient (Wildman–Crippen LogP) is 4.34. The molecule has 6 nitrogen and oxygen atoms in total. The number of non-ortho nitro benzene ring substituents is 1. The molecular weight excluding hydrogens is 332 g/mol. The van der Waals surface area contributed by atoms with Gasteiger partial charge in [0.1, 0.15) is 0 Å². The van der Waals surface area contributed by atoms with Crippen LogP contribution in [0.15, 0.2) is 48.7 Å². The second kappa shape index (κ2) is 6.33. The van der Waals surface area contributed by atoms with Gasteiger partial charge in [-0.25, -0.2) is 0 Å². The molecule has 3 rings (SSSR count). The average molecular weight is 345 g/mol. The third kappa shape index (κ3) is 3.09. The van der Waals surface area contributed by atoms with Crippen LogP contribution in [0.25, 0.3) is 10.9 Å². The Morgan fingerprint density at radius 2 is 2.08 bits per heavy atom. The summed E-state index contributed by atoms with van der Waals surface area (Å²) in [5.41, 5.74) is 2.08. The number of carboxylic acids is 1. The maximum Gasteiger partial charge on any atom is 0.304 e. The van der Waals surface area contributed by atoms with Crippen molar-refractivity contribution in [3.8, 4) is 0 Å². The number of benzene rings is 2. The molecule has 1 atom stereocenters. The first-order valence-corrected chi connectivity index (χ1v) is 7.56. The summed E-state index contributed by atoms with van der Waals surface area (Å²) < 4.78 is 0. The van der Waals surface area contributed by atoms with E-state index in [0.717, 1.165) is 16.5 Å². The lowest BCUT2D eigenvalue weighted by Crippen LogP contribution is -2.08. The van der Waals surface area contributed by atoms with Crippen LogP contribution in [-0.4, -0.2) is 21.0 Å². The highest BCUT2D eigenvalue weighted by Gasteiger charge is 2.23. The smallest absolute Gasteiger partial charge is 0.304 e. The Morgan fingerprint density at radius 1 is 1.29 bits per heavy atom. The molecule has 0 spiro atoms. The molecular formula is C17H13ClN2O4. The minimum absolute atomic E-state index is 0.0687. The number of aliphatic carboxylic acids is 1. The molecule has 0 unspecified atom stereocenters. The summed E-state index contributed by atoms with van der Waals surface area (Å²) in [4.78, 5) is 24.9. The van der Waals surface area contributed by atoms with Gasteiger partial charge < -0.3 is 10.1 Å². The van der Waals surface area contributed by atoms with Gasteiger partial charge in [-0.2, -0.15) is 0 Å². The van der Waals surface area contributed by atoms with Crippen molar-refractivity contribution in [2.75, 3.05) is 0 Å². The number of carboxylic acid groups (broad SMARTS) is 1. The minimum Gasteiger partial charge on any atom is -0.481 e. The van der Waals surface area contributed by atoms with Crippen molar-refractivity contribution in [1.29, 1.82) is 0 Å². The zero-order valence-corrected chi connectivity index (χ0v) is 13.2. The van der Waals surface area contributed by atoms with E-state index in [2.05, 4.69) is 4.98 Å². The lowest BCUT2D eigenvalue weighted by Gasteiger charge is -2.15. The molecule has 3 aromatic rings. The van der Waals surface area contributed by atoms with Crippen LogP contribution in [-0.2, 0) is 4.79 Å². The number of nitrogens with zero attached hydrogens (tertiary/aromatic N) is 1. The zero-order valence-electron chi connectivity index (χ0n) is 12.4. The molecule has 0 bridgehead atoms. The molecule has 1 heterocycles. The fourth-order valence-corrected chi connectivity index (χ4v) is 3.01. The number of H-pyrrole nitrogens is 1. The van der Waals surface area contributed by atoms with Crippen LogP contribution in [0.5, 0.6) is 0 Å². The van der Waals surface area contributed by atoms with E-state index in [1.807, 2.05) is 6.07 Å². The maximum absolute atomic E-state index is 11.3. The van der Waals surface area contributed by atoms with Gasteiger partial charge in [-0.3, -0.25) is 14.9 Å². The fourth-order valence-electron chi connectivity index (χ4n) is 2.84. The van der Waals surface area contributed by atoms with Crippen LogP contribution >= 0.6 is 11.6 Å². The Labute approximate surface area is 141 Å². The van der Waals surface area contributed by atoms with Gasteiger partial charge in [-0.1, -0.05) is 23.7 Å². The van der Waals surface area contributed by atoms with E-state index < -0.39 is 16.8 Å². The van der Waals surface area contributed by atoms with Crippen LogP contribution in [0.3, 0.4) is 0 Å². The average Bonchev–Trinajstić information content (AvgIpc) is 2.95. The number of hydrogen-bond donors (Lipinski definition) is 2. The predicted molar refractivity (Wildman–Crippen MR) is 90.5 cm³/mol. The SMILES string of the molecule is O=C(O)C[C@H](c1cccc([N+](=O)[O-])c1)c1c[nH]c2ccc(Cl)cc12. The van der Waals surface area contributed by atoms with Gasteiger partial charge in [0.05, 0.1) is 11.3 Å². The summed E-state index contributed by atoms with van der Waals surface area (Å²) >= 11 is 6.05. The second-order valence-corrected chi connectivity index (χ2v) is 5.87. The highest BCUT2D eigenvalue weighted by molar-refractivity contribution is 6.31. The number of nitro benzene ring substituents is 1. The maximum atomic E-state index is 11.3. The number of rotatable bonds is 5. The molecule has 2 N–H and O–H groups in total. The van der Waals surface area contributed by atoms with Crippen LogP contribution in [0.1, 0.15) is 23.5 Å². The van der Waals surface area contributed by atoms with Crippen molar-refractivity contribution in [2.45, 2.75) is 12.3 Å². The van der Waals surface area contributed by atoms with Crippen molar-refractivity contribution in [1.82, 2.24) is 4.98 Å². The number of hydrogen-bond acceptors (Lipinski definition) is 3. The first-order valence-electron chi connectivity index (χ1n) is 7.18. The minimum atomic E-state index is -0.983. The second-order valence-electron chi connectivity index (χ2n) is 5.44. The topological polar surface area (TPSA) is 96.2 Å². The molecule has 0 aliphatic carbocycles. The number of fused-ring (bicyclic) bond motifs is 1. The van der Waals surface area contributed by atoms with E-state index in [1.54, 1.807) is 30.5 Å². The van der Waals surface area contributed by atoms with E-state index in [0.29, 0.717) is 10.6 Å². The molecule has 122 valence electrons. The van der Waals surface area contributed by atoms with Gasteiger partial charge in [-0.15, -0.1) is 0 Å². The van der Waals surface area contributed by atoms with Crippen molar-refractivity contribution in [2.24, 2.45) is 0 Å². The van der Waals surface area contributed by atoms with E-state index in [1.165, 1.54) is 12.1 Å². The molecule has 0 fully saturated rings. The van der Waals surface area contributed by atoms with Gasteiger partial charge in [0.25, 0.3) is 5.69 Å². The number of carbonyl (C=O) groups is 1. The largest absolute Gasteiger partial charge is 0.481 e. The molecule has 0 radical (unpaired) electrons. The van der Waals surface area contributed by atoms with E-state index >= 15 is 0 Å². The van der Waals surface area contributed by atoms with Crippen molar-refractivity contribution < 1.29 is 14.8 Å². The Hall–Kier alpha value is -2.86. The van der Waals surface area contributed by atoms with Crippen LogP contribution in [0.2, 0.25) is 5.02 Å². The van der Waals surface area contributed by atoms with Crippen molar-refractivity contribution in [3.05, 3.63) is 74.9 Å². The first kappa shape index (κ1) is 16.0. The molecule has 7 heteroatoms. The molecule has 0 saturated heterocycles. The van der Waals surface area contributed by atoms with Gasteiger partial charge in [0, 0.05) is 40.2 Å². The summed E-state index contributed by atoms with van der Waals surface area (Å²) in [5.74, 6) is -1.50. The molecule has 0 saturated carbocycles. The van der Waals surface area contributed by atoms with E-state index in [4.69, 9.17) is 11.6 Å². The number of aromatic nitrogens is 1. The number of halogens is 1. The number of aromatic amines is 1. The van der Waals surface area contributed by atoms with Gasteiger partial charge in [-0.05, 0) is 29.3 Å².